The molecule has 3 heterocycles. The van der Waals surface area contributed by atoms with Crippen LogP contribution in [0.15, 0.2) is 48.9 Å². The van der Waals surface area contributed by atoms with Gasteiger partial charge in [0, 0.05) is 50.6 Å². The first-order valence-corrected chi connectivity index (χ1v) is 10.4. The van der Waals surface area contributed by atoms with Crippen LogP contribution >= 0.6 is 0 Å². The predicted molar refractivity (Wildman–Crippen MR) is 115 cm³/mol. The smallest absolute Gasteiger partial charge is 0.254 e. The summed E-state index contributed by atoms with van der Waals surface area (Å²) in [7, 11) is 1.94. The van der Waals surface area contributed by atoms with Gasteiger partial charge in [0.2, 0.25) is 0 Å². The molecule has 1 N–H and O–H groups in total. The Morgan fingerprint density at radius 1 is 1.20 bits per heavy atom. The third-order valence-corrected chi connectivity index (χ3v) is 5.57. The second-order valence-electron chi connectivity index (χ2n) is 7.99. The highest BCUT2D eigenvalue weighted by Crippen LogP contribution is 2.26. The molecule has 4 rings (SSSR count). The van der Waals surface area contributed by atoms with Gasteiger partial charge < -0.3 is 5.32 Å². The van der Waals surface area contributed by atoms with E-state index >= 15 is 0 Å². The minimum atomic E-state index is -0.134. The van der Waals surface area contributed by atoms with Crippen LogP contribution in [-0.4, -0.2) is 43.6 Å². The van der Waals surface area contributed by atoms with Crippen molar-refractivity contribution in [2.24, 2.45) is 7.05 Å². The van der Waals surface area contributed by atoms with E-state index in [0.717, 1.165) is 49.6 Å². The number of aryl methyl sites for hydroxylation is 2. The summed E-state index contributed by atoms with van der Waals surface area (Å²) in [6.45, 7) is 5.27. The summed E-state index contributed by atoms with van der Waals surface area (Å²) in [4.78, 5) is 24.3. The number of piperidine rings is 1. The fraction of sp³-hybridized carbons (Fsp3) is 0.391. The van der Waals surface area contributed by atoms with Crippen LogP contribution < -0.4 is 5.32 Å². The molecule has 7 heteroatoms. The van der Waals surface area contributed by atoms with Crippen LogP contribution in [0.2, 0.25) is 0 Å². The number of hydrogen-bond acceptors (Lipinski definition) is 5. The van der Waals surface area contributed by atoms with Crippen molar-refractivity contribution in [3.63, 3.8) is 0 Å². The Morgan fingerprint density at radius 3 is 2.77 bits per heavy atom. The van der Waals surface area contributed by atoms with Gasteiger partial charge in [-0.1, -0.05) is 30.3 Å². The number of carbonyl (C=O) groups is 1. The lowest BCUT2D eigenvalue weighted by Crippen LogP contribution is -2.34. The molecule has 7 nitrogen and oxygen atoms in total. The third kappa shape index (κ3) is 4.91. The van der Waals surface area contributed by atoms with E-state index in [2.05, 4.69) is 26.5 Å². The zero-order chi connectivity index (χ0) is 20.9. The van der Waals surface area contributed by atoms with E-state index in [1.165, 1.54) is 5.56 Å². The number of rotatable bonds is 6. The molecule has 0 spiro atoms. The summed E-state index contributed by atoms with van der Waals surface area (Å²) < 4.78 is 1.84. The molecular formula is C23H28N6O. The van der Waals surface area contributed by atoms with Crippen molar-refractivity contribution in [1.29, 1.82) is 0 Å². The average Bonchev–Trinajstić information content (AvgIpc) is 3.17. The van der Waals surface area contributed by atoms with Crippen LogP contribution in [0.3, 0.4) is 0 Å². The molecule has 0 saturated carbocycles. The lowest BCUT2D eigenvalue weighted by atomic mass is 9.96. The number of hydrogen-bond donors (Lipinski definition) is 1. The summed E-state index contributed by atoms with van der Waals surface area (Å²) in [6, 6.07) is 9.88. The second kappa shape index (κ2) is 9.17. The number of carbonyl (C=O) groups excluding carboxylic acids is 1. The number of likely N-dealkylation sites (tertiary alicyclic amines) is 1. The normalized spacial score (nSPS) is 17.1. The van der Waals surface area contributed by atoms with E-state index in [1.54, 1.807) is 6.20 Å². The van der Waals surface area contributed by atoms with Crippen LogP contribution in [0.5, 0.6) is 0 Å². The van der Waals surface area contributed by atoms with Gasteiger partial charge in [-0.15, -0.1) is 0 Å². The zero-order valence-corrected chi connectivity index (χ0v) is 17.6. The number of aromatic nitrogens is 4. The minimum Gasteiger partial charge on any atom is -0.348 e. The van der Waals surface area contributed by atoms with Crippen molar-refractivity contribution >= 4 is 5.91 Å². The average molecular weight is 405 g/mol. The first kappa shape index (κ1) is 20.2. The van der Waals surface area contributed by atoms with Crippen molar-refractivity contribution in [2.75, 3.05) is 13.1 Å². The summed E-state index contributed by atoms with van der Waals surface area (Å²) in [5.74, 6) is 0.989. The van der Waals surface area contributed by atoms with Crippen molar-refractivity contribution < 1.29 is 4.79 Å². The maximum atomic E-state index is 12.6. The first-order chi connectivity index (χ1) is 14.6. The molecule has 1 aliphatic rings. The van der Waals surface area contributed by atoms with Gasteiger partial charge in [0.1, 0.15) is 5.82 Å². The third-order valence-electron chi connectivity index (χ3n) is 5.57. The Bertz CT molecular complexity index is 1000. The zero-order valence-electron chi connectivity index (χ0n) is 17.6. The monoisotopic (exact) mass is 404 g/mol. The highest BCUT2D eigenvalue weighted by Gasteiger charge is 2.24. The van der Waals surface area contributed by atoms with Gasteiger partial charge in [0.15, 0.2) is 0 Å². The highest BCUT2D eigenvalue weighted by atomic mass is 16.1. The highest BCUT2D eigenvalue weighted by molar-refractivity contribution is 5.94. The second-order valence-corrected chi connectivity index (χ2v) is 7.99. The van der Waals surface area contributed by atoms with Gasteiger partial charge in [-0.05, 0) is 31.9 Å². The van der Waals surface area contributed by atoms with Crippen molar-refractivity contribution in [1.82, 2.24) is 30.0 Å². The summed E-state index contributed by atoms with van der Waals surface area (Å²) in [5.41, 5.74) is 3.56. The van der Waals surface area contributed by atoms with Crippen LogP contribution in [-0.2, 0) is 20.1 Å². The number of benzene rings is 1. The van der Waals surface area contributed by atoms with Crippen LogP contribution in [0.25, 0.3) is 0 Å². The van der Waals surface area contributed by atoms with E-state index in [-0.39, 0.29) is 11.8 Å². The Kier molecular flexibility index (Phi) is 6.18. The predicted octanol–water partition coefficient (Wildman–Crippen LogP) is 2.83. The fourth-order valence-electron chi connectivity index (χ4n) is 4.00. The van der Waals surface area contributed by atoms with Gasteiger partial charge >= 0.3 is 0 Å². The molecule has 1 aromatic carbocycles. The van der Waals surface area contributed by atoms with Gasteiger partial charge in [-0.25, -0.2) is 9.97 Å². The maximum Gasteiger partial charge on any atom is 0.254 e. The molecule has 0 unspecified atom stereocenters. The summed E-state index contributed by atoms with van der Waals surface area (Å²) in [6.07, 6.45) is 7.85. The molecule has 1 fully saturated rings. The Labute approximate surface area is 177 Å². The molecular weight excluding hydrogens is 376 g/mol. The van der Waals surface area contributed by atoms with Crippen molar-refractivity contribution in [3.8, 4) is 0 Å². The molecule has 0 bridgehead atoms. The quantitative estimate of drug-likeness (QED) is 0.684. The van der Waals surface area contributed by atoms with Crippen LogP contribution in [0.4, 0.5) is 0 Å². The van der Waals surface area contributed by atoms with Crippen molar-refractivity contribution in [3.05, 3.63) is 77.1 Å². The van der Waals surface area contributed by atoms with E-state index in [9.17, 15) is 4.79 Å². The molecule has 0 aliphatic carbocycles. The number of nitrogens with zero attached hydrogens (tertiary/aromatic N) is 5. The molecule has 3 aromatic rings. The van der Waals surface area contributed by atoms with Gasteiger partial charge in [0.05, 0.1) is 17.5 Å². The fourth-order valence-corrected chi connectivity index (χ4v) is 4.00. The molecule has 1 aliphatic heterocycles. The van der Waals surface area contributed by atoms with Crippen LogP contribution in [0.1, 0.15) is 51.8 Å². The molecule has 156 valence electrons. The summed E-state index contributed by atoms with van der Waals surface area (Å²) >= 11 is 0. The number of nitrogens with one attached hydrogen (secondary N) is 1. The minimum absolute atomic E-state index is 0.134. The molecule has 2 aromatic heterocycles. The lowest BCUT2D eigenvalue weighted by Gasteiger charge is -2.31. The lowest BCUT2D eigenvalue weighted by molar-refractivity contribution is 0.0949. The topological polar surface area (TPSA) is 75.9 Å². The van der Waals surface area contributed by atoms with E-state index < -0.39 is 0 Å². The SMILES string of the molecule is Cc1nc([C@@H]2CCCN(Cc3cnn(C)c3)C2)ncc1C(=O)NCc1ccccc1. The van der Waals surface area contributed by atoms with Gasteiger partial charge in [0.25, 0.3) is 5.91 Å². The molecule has 1 saturated heterocycles. The molecule has 1 atom stereocenters. The van der Waals surface area contributed by atoms with Crippen LogP contribution in [0, 0.1) is 6.92 Å². The Hall–Kier alpha value is -3.06. The van der Waals surface area contributed by atoms with E-state index in [1.807, 2.05) is 55.2 Å². The molecule has 0 radical (unpaired) electrons. The van der Waals surface area contributed by atoms with Gasteiger partial charge in [-0.2, -0.15) is 5.10 Å². The Morgan fingerprint density at radius 2 is 2.03 bits per heavy atom. The summed E-state index contributed by atoms with van der Waals surface area (Å²) in [5, 5.41) is 7.22. The number of amides is 1. The maximum absolute atomic E-state index is 12.6. The Balaban J connectivity index is 1.38. The van der Waals surface area contributed by atoms with Crippen molar-refractivity contribution in [2.45, 2.75) is 38.8 Å². The molecule has 1 amide bonds. The standard InChI is InChI=1S/C23H28N6O/c1-17-21(23(30)25-11-18-7-4-3-5-8-18)13-24-22(27-17)20-9-6-10-29(16-20)15-19-12-26-28(2)14-19/h3-5,7-8,12-14,20H,6,9-11,15-16H2,1-2H3,(H,25,30)/t20-/m1/s1. The molecule has 30 heavy (non-hydrogen) atoms. The van der Waals surface area contributed by atoms with E-state index in [0.29, 0.717) is 12.1 Å². The van der Waals surface area contributed by atoms with Gasteiger partial charge in [-0.3, -0.25) is 14.4 Å². The van der Waals surface area contributed by atoms with E-state index in [4.69, 9.17) is 4.98 Å². The largest absolute Gasteiger partial charge is 0.348 e. The first-order valence-electron chi connectivity index (χ1n) is 10.4.